The van der Waals surface area contributed by atoms with Crippen molar-refractivity contribution in [3.8, 4) is 11.5 Å². The van der Waals surface area contributed by atoms with Crippen LogP contribution in [0.3, 0.4) is 0 Å². The molecule has 0 spiro atoms. The zero-order valence-electron chi connectivity index (χ0n) is 9.07. The third-order valence-corrected chi connectivity index (χ3v) is 2.82. The minimum Gasteiger partial charge on any atom is -0.550 e. The van der Waals surface area contributed by atoms with Gasteiger partial charge in [0.25, 0.3) is 0 Å². The van der Waals surface area contributed by atoms with Gasteiger partial charge in [0.05, 0.1) is 5.69 Å². The number of rotatable bonds is 3. The Hall–Kier alpha value is -1.62. The summed E-state index contributed by atoms with van der Waals surface area (Å²) < 4.78 is 6.38. The molecule has 0 bridgehead atoms. The van der Waals surface area contributed by atoms with Gasteiger partial charge in [-0.3, -0.25) is 0 Å². The van der Waals surface area contributed by atoms with E-state index >= 15 is 0 Å². The molecule has 5 heteroatoms. The minimum absolute atomic E-state index is 0.230. The van der Waals surface area contributed by atoms with Gasteiger partial charge < -0.3 is 14.3 Å². The van der Waals surface area contributed by atoms with Crippen LogP contribution in [0.5, 0.6) is 0 Å². The predicted octanol–water partition coefficient (Wildman–Crippen LogP) is 1.70. The summed E-state index contributed by atoms with van der Waals surface area (Å²) in [7, 11) is 0. The first-order chi connectivity index (χ1) is 8.06. The Labute approximate surface area is 106 Å². The van der Waals surface area contributed by atoms with Gasteiger partial charge in [-0.2, -0.15) is 0 Å². The third-order valence-electron chi connectivity index (χ3n) is 2.30. The second kappa shape index (κ2) is 4.71. The topological polar surface area (TPSA) is 66.2 Å². The van der Waals surface area contributed by atoms with Crippen LogP contribution in [-0.4, -0.2) is 11.0 Å². The van der Waals surface area contributed by atoms with Crippen LogP contribution in [0.1, 0.15) is 11.5 Å². The number of carboxylic acid groups (broad SMARTS) is 1. The molecule has 0 aliphatic heterocycles. The van der Waals surface area contributed by atoms with Gasteiger partial charge in [-0.25, -0.2) is 4.98 Å². The molecule has 0 radical (unpaired) electrons. The highest BCUT2D eigenvalue weighted by Gasteiger charge is 2.11. The Morgan fingerprint density at radius 2 is 2.06 bits per heavy atom. The number of aromatic nitrogens is 1. The van der Waals surface area contributed by atoms with Crippen LogP contribution in [0.4, 0.5) is 0 Å². The highest BCUT2D eigenvalue weighted by Crippen LogP contribution is 2.23. The normalized spacial score (nSPS) is 10.5. The van der Waals surface area contributed by atoms with E-state index < -0.39 is 5.97 Å². The van der Waals surface area contributed by atoms with Crippen molar-refractivity contribution in [2.45, 2.75) is 13.3 Å². The average molecular weight is 295 g/mol. The number of carbonyl (C=O) groups is 1. The summed E-state index contributed by atoms with van der Waals surface area (Å²) >= 11 is 3.33. The van der Waals surface area contributed by atoms with Crippen molar-refractivity contribution in [3.63, 3.8) is 0 Å². The first-order valence-electron chi connectivity index (χ1n) is 4.98. The molecule has 4 nitrogen and oxygen atoms in total. The van der Waals surface area contributed by atoms with E-state index in [1.165, 1.54) is 0 Å². The number of hydrogen-bond donors (Lipinski definition) is 0. The van der Waals surface area contributed by atoms with E-state index in [1.807, 2.05) is 24.3 Å². The lowest BCUT2D eigenvalue weighted by Crippen LogP contribution is -2.24. The molecule has 0 fully saturated rings. The molecule has 17 heavy (non-hydrogen) atoms. The number of aliphatic carboxylic acids is 1. The number of benzene rings is 1. The van der Waals surface area contributed by atoms with Gasteiger partial charge >= 0.3 is 0 Å². The van der Waals surface area contributed by atoms with Crippen LogP contribution in [0.2, 0.25) is 0 Å². The lowest BCUT2D eigenvalue weighted by atomic mass is 10.2. The summed E-state index contributed by atoms with van der Waals surface area (Å²) in [5.41, 5.74) is 1.21. The summed E-state index contributed by atoms with van der Waals surface area (Å²) in [6.07, 6.45) is -0.230. The fourth-order valence-electron chi connectivity index (χ4n) is 1.44. The molecular weight excluding hydrogens is 286 g/mol. The van der Waals surface area contributed by atoms with Crippen molar-refractivity contribution in [1.29, 1.82) is 0 Å². The van der Waals surface area contributed by atoms with Crippen molar-refractivity contribution < 1.29 is 14.3 Å². The van der Waals surface area contributed by atoms with E-state index in [1.54, 1.807) is 6.92 Å². The summed E-state index contributed by atoms with van der Waals surface area (Å²) in [6.45, 7) is 1.69. The van der Waals surface area contributed by atoms with Gasteiger partial charge in [-0.1, -0.05) is 15.9 Å². The molecule has 88 valence electrons. The fraction of sp³-hybridized carbons (Fsp3) is 0.167. The standard InChI is InChI=1S/C12H10BrNO3/c1-7-10(6-11(15)16)14-12(17-7)8-2-4-9(13)5-3-8/h2-5H,6H2,1H3,(H,15,16)/p-1. The van der Waals surface area contributed by atoms with Crippen LogP contribution in [-0.2, 0) is 11.2 Å². The molecule has 1 aromatic carbocycles. The maximum absolute atomic E-state index is 10.5. The molecule has 1 heterocycles. The van der Waals surface area contributed by atoms with Crippen LogP contribution >= 0.6 is 15.9 Å². The predicted molar refractivity (Wildman–Crippen MR) is 63.1 cm³/mol. The molecule has 0 saturated heterocycles. The molecule has 0 N–H and O–H groups in total. The summed E-state index contributed by atoms with van der Waals surface area (Å²) in [5, 5.41) is 10.5. The molecule has 0 atom stereocenters. The smallest absolute Gasteiger partial charge is 0.226 e. The number of oxazole rings is 1. The van der Waals surface area contributed by atoms with E-state index in [4.69, 9.17) is 4.42 Å². The molecular formula is C12H9BrNO3-. The van der Waals surface area contributed by atoms with Crippen LogP contribution in [0, 0.1) is 6.92 Å². The average Bonchev–Trinajstić information content (AvgIpc) is 2.60. The van der Waals surface area contributed by atoms with E-state index in [2.05, 4.69) is 20.9 Å². The van der Waals surface area contributed by atoms with Gasteiger partial charge in [0.2, 0.25) is 5.89 Å². The van der Waals surface area contributed by atoms with Gasteiger partial charge in [0.15, 0.2) is 0 Å². The number of hydrogen-bond acceptors (Lipinski definition) is 4. The fourth-order valence-corrected chi connectivity index (χ4v) is 1.71. The van der Waals surface area contributed by atoms with Crippen molar-refractivity contribution in [2.24, 2.45) is 0 Å². The van der Waals surface area contributed by atoms with E-state index in [-0.39, 0.29) is 6.42 Å². The molecule has 2 rings (SSSR count). The quantitative estimate of drug-likeness (QED) is 0.864. The highest BCUT2D eigenvalue weighted by molar-refractivity contribution is 9.10. The largest absolute Gasteiger partial charge is 0.550 e. The van der Waals surface area contributed by atoms with E-state index in [0.29, 0.717) is 17.3 Å². The maximum Gasteiger partial charge on any atom is 0.226 e. The first-order valence-corrected chi connectivity index (χ1v) is 5.77. The highest BCUT2D eigenvalue weighted by atomic mass is 79.9. The summed E-state index contributed by atoms with van der Waals surface area (Å²) in [5.74, 6) is -0.234. The number of aryl methyl sites for hydroxylation is 1. The Morgan fingerprint density at radius 1 is 1.41 bits per heavy atom. The number of carbonyl (C=O) groups excluding carboxylic acids is 1. The third kappa shape index (κ3) is 2.74. The van der Waals surface area contributed by atoms with Crippen molar-refractivity contribution in [2.75, 3.05) is 0 Å². The second-order valence-electron chi connectivity index (χ2n) is 3.58. The van der Waals surface area contributed by atoms with Crippen molar-refractivity contribution in [1.82, 2.24) is 4.98 Å². The Morgan fingerprint density at radius 3 is 2.65 bits per heavy atom. The number of nitrogens with zero attached hydrogens (tertiary/aromatic N) is 1. The Kier molecular flexibility index (Phi) is 3.28. The maximum atomic E-state index is 10.5. The molecule has 0 saturated carbocycles. The molecule has 1 aromatic heterocycles. The van der Waals surface area contributed by atoms with E-state index in [0.717, 1.165) is 10.0 Å². The SMILES string of the molecule is Cc1oc(-c2ccc(Br)cc2)nc1CC(=O)[O-]. The zero-order chi connectivity index (χ0) is 12.4. The lowest BCUT2D eigenvalue weighted by Gasteiger charge is -1.96. The van der Waals surface area contributed by atoms with Crippen LogP contribution in [0.15, 0.2) is 33.2 Å². The minimum atomic E-state index is -1.16. The zero-order valence-corrected chi connectivity index (χ0v) is 10.7. The van der Waals surface area contributed by atoms with Gasteiger partial charge in [0.1, 0.15) is 5.76 Å². The van der Waals surface area contributed by atoms with Gasteiger partial charge in [0, 0.05) is 22.4 Å². The molecule has 2 aromatic rings. The lowest BCUT2D eigenvalue weighted by molar-refractivity contribution is -0.304. The monoisotopic (exact) mass is 294 g/mol. The number of halogens is 1. The molecule has 0 amide bonds. The van der Waals surface area contributed by atoms with Crippen LogP contribution in [0.25, 0.3) is 11.5 Å². The second-order valence-corrected chi connectivity index (χ2v) is 4.49. The molecule has 0 unspecified atom stereocenters. The molecule has 0 aliphatic rings. The molecule has 0 aliphatic carbocycles. The number of carboxylic acids is 1. The van der Waals surface area contributed by atoms with Gasteiger partial charge in [-0.15, -0.1) is 0 Å². The Balaban J connectivity index is 2.34. The van der Waals surface area contributed by atoms with Crippen molar-refractivity contribution in [3.05, 3.63) is 40.2 Å². The van der Waals surface area contributed by atoms with Crippen molar-refractivity contribution >= 4 is 21.9 Å². The van der Waals surface area contributed by atoms with Gasteiger partial charge in [-0.05, 0) is 31.2 Å². The first kappa shape index (κ1) is 11.9. The summed E-state index contributed by atoms with van der Waals surface area (Å²) in [6, 6.07) is 7.43. The summed E-state index contributed by atoms with van der Waals surface area (Å²) in [4.78, 5) is 14.7. The Bertz CT molecular complexity index is 545. The van der Waals surface area contributed by atoms with E-state index in [9.17, 15) is 9.90 Å². The van der Waals surface area contributed by atoms with Crippen LogP contribution < -0.4 is 5.11 Å².